The van der Waals surface area contributed by atoms with Crippen LogP contribution in [0.15, 0.2) is 18.2 Å². The normalized spacial score (nSPS) is 11.6. The zero-order valence-corrected chi connectivity index (χ0v) is 10.3. The quantitative estimate of drug-likeness (QED) is 0.615. The van der Waals surface area contributed by atoms with Crippen molar-refractivity contribution in [2.24, 2.45) is 0 Å². The lowest BCUT2D eigenvalue weighted by Gasteiger charge is -2.11. The molecule has 0 heterocycles. The summed E-state index contributed by atoms with van der Waals surface area (Å²) in [6, 6.07) is 6.61. The Labute approximate surface area is 105 Å². The second-order valence-corrected chi connectivity index (χ2v) is 3.73. The van der Waals surface area contributed by atoms with Gasteiger partial charge in [0.1, 0.15) is 6.07 Å². The van der Waals surface area contributed by atoms with Gasteiger partial charge in [-0.3, -0.25) is 10.1 Å². The molecular weight excluding hydrogens is 234 g/mol. The molecule has 1 aromatic carbocycles. The average molecular weight is 249 g/mol. The number of nitrogens with one attached hydrogen (secondary N) is 1. The number of nitrogens with zero attached hydrogens (tertiary/aromatic N) is 2. The van der Waals surface area contributed by atoms with Crippen LogP contribution in [0.1, 0.15) is 18.9 Å². The molecule has 96 valence electrons. The highest BCUT2D eigenvalue weighted by atomic mass is 16.6. The Hall–Kier alpha value is -2.13. The summed E-state index contributed by atoms with van der Waals surface area (Å²) in [5.41, 5.74) is 0.745. The summed E-state index contributed by atoms with van der Waals surface area (Å²) in [5, 5.41) is 22.7. The third-order valence-corrected chi connectivity index (χ3v) is 2.39. The molecule has 6 nitrogen and oxygen atoms in total. The number of nitro benzene ring substituents is 1. The molecule has 1 unspecified atom stereocenters. The van der Waals surface area contributed by atoms with Crippen LogP contribution in [0.5, 0.6) is 5.75 Å². The van der Waals surface area contributed by atoms with Crippen molar-refractivity contribution in [2.45, 2.75) is 26.0 Å². The SMILES string of the molecule is CCC(C#N)Oc1cc(CNC)ccc1[N+](=O)[O-]. The highest BCUT2D eigenvalue weighted by Crippen LogP contribution is 2.29. The predicted octanol–water partition coefficient (Wildman–Crippen LogP) is 2.00. The minimum atomic E-state index is -0.673. The zero-order valence-electron chi connectivity index (χ0n) is 10.3. The van der Waals surface area contributed by atoms with Gasteiger partial charge in [0, 0.05) is 12.6 Å². The van der Waals surface area contributed by atoms with Gasteiger partial charge in [0.15, 0.2) is 11.9 Å². The van der Waals surface area contributed by atoms with Gasteiger partial charge in [-0.05, 0) is 25.1 Å². The van der Waals surface area contributed by atoms with E-state index in [1.165, 1.54) is 6.07 Å². The van der Waals surface area contributed by atoms with Crippen molar-refractivity contribution < 1.29 is 9.66 Å². The van der Waals surface area contributed by atoms with Crippen molar-refractivity contribution in [3.8, 4) is 11.8 Å². The highest BCUT2D eigenvalue weighted by molar-refractivity contribution is 5.48. The summed E-state index contributed by atoms with van der Waals surface area (Å²) in [6.07, 6.45) is -0.197. The van der Waals surface area contributed by atoms with Crippen LogP contribution < -0.4 is 10.1 Å². The Kier molecular flexibility index (Phi) is 5.08. The van der Waals surface area contributed by atoms with Crippen LogP contribution in [0.3, 0.4) is 0 Å². The zero-order chi connectivity index (χ0) is 13.5. The molecule has 6 heteroatoms. The van der Waals surface area contributed by atoms with Gasteiger partial charge in [-0.15, -0.1) is 0 Å². The first kappa shape index (κ1) is 13.9. The summed E-state index contributed by atoms with van der Waals surface area (Å²) in [6.45, 7) is 2.37. The van der Waals surface area contributed by atoms with E-state index in [1.54, 1.807) is 26.1 Å². The highest BCUT2D eigenvalue weighted by Gasteiger charge is 2.18. The molecule has 1 aromatic rings. The van der Waals surface area contributed by atoms with Crippen molar-refractivity contribution in [1.29, 1.82) is 5.26 Å². The minimum absolute atomic E-state index is 0.122. The number of hydrogen-bond acceptors (Lipinski definition) is 5. The van der Waals surface area contributed by atoms with Gasteiger partial charge in [-0.25, -0.2) is 0 Å². The maximum Gasteiger partial charge on any atom is 0.310 e. The first-order chi connectivity index (χ1) is 8.62. The van der Waals surface area contributed by atoms with Gasteiger partial charge in [0.05, 0.1) is 4.92 Å². The van der Waals surface area contributed by atoms with E-state index in [1.807, 2.05) is 6.07 Å². The van der Waals surface area contributed by atoms with Crippen molar-refractivity contribution in [3.63, 3.8) is 0 Å². The van der Waals surface area contributed by atoms with Crippen LogP contribution in [0, 0.1) is 21.4 Å². The van der Waals surface area contributed by atoms with E-state index in [4.69, 9.17) is 10.00 Å². The maximum absolute atomic E-state index is 10.9. The topological polar surface area (TPSA) is 88.2 Å². The second kappa shape index (κ2) is 6.57. The fourth-order valence-electron chi connectivity index (χ4n) is 1.47. The number of ether oxygens (including phenoxy) is 1. The summed E-state index contributed by atoms with van der Waals surface area (Å²) < 4.78 is 5.36. The molecule has 0 saturated carbocycles. The summed E-state index contributed by atoms with van der Waals surface area (Å²) >= 11 is 0. The Balaban J connectivity index is 3.07. The lowest BCUT2D eigenvalue weighted by atomic mass is 10.2. The van der Waals surface area contributed by atoms with Crippen molar-refractivity contribution in [1.82, 2.24) is 5.32 Å². The molecule has 0 fully saturated rings. The molecule has 0 radical (unpaired) electrons. The lowest BCUT2D eigenvalue weighted by Crippen LogP contribution is -2.14. The van der Waals surface area contributed by atoms with Crippen molar-refractivity contribution >= 4 is 5.69 Å². The van der Waals surface area contributed by atoms with E-state index >= 15 is 0 Å². The van der Waals surface area contributed by atoms with Crippen LogP contribution in [-0.4, -0.2) is 18.1 Å². The summed E-state index contributed by atoms with van der Waals surface area (Å²) in [4.78, 5) is 10.4. The van der Waals surface area contributed by atoms with Gasteiger partial charge in [0.2, 0.25) is 0 Å². The van der Waals surface area contributed by atoms with Crippen LogP contribution in [-0.2, 0) is 6.54 Å². The fourth-order valence-corrected chi connectivity index (χ4v) is 1.47. The monoisotopic (exact) mass is 249 g/mol. The van der Waals surface area contributed by atoms with Crippen LogP contribution in [0.25, 0.3) is 0 Å². The molecule has 0 aliphatic rings. The number of rotatable bonds is 6. The molecule has 0 aliphatic carbocycles. The summed E-state index contributed by atoms with van der Waals surface area (Å²) in [5.74, 6) is 0.140. The molecule has 0 amide bonds. The number of nitro groups is 1. The third kappa shape index (κ3) is 3.43. The first-order valence-corrected chi connectivity index (χ1v) is 5.60. The van der Waals surface area contributed by atoms with Gasteiger partial charge >= 0.3 is 5.69 Å². The largest absolute Gasteiger partial charge is 0.468 e. The number of benzene rings is 1. The van der Waals surface area contributed by atoms with E-state index in [2.05, 4.69) is 5.32 Å². The maximum atomic E-state index is 10.9. The summed E-state index contributed by atoms with van der Waals surface area (Å²) in [7, 11) is 1.78. The average Bonchev–Trinajstić information content (AvgIpc) is 2.36. The molecular formula is C12H15N3O3. The molecule has 0 saturated heterocycles. The predicted molar refractivity (Wildman–Crippen MR) is 66.2 cm³/mol. The van der Waals surface area contributed by atoms with Gasteiger partial charge in [0.25, 0.3) is 0 Å². The van der Waals surface area contributed by atoms with Crippen LogP contribution >= 0.6 is 0 Å². The van der Waals surface area contributed by atoms with Crippen LogP contribution in [0.2, 0.25) is 0 Å². The molecule has 0 spiro atoms. The first-order valence-electron chi connectivity index (χ1n) is 5.60. The Morgan fingerprint density at radius 1 is 1.61 bits per heavy atom. The number of nitriles is 1. The van der Waals surface area contributed by atoms with Gasteiger partial charge in [-0.1, -0.05) is 13.0 Å². The second-order valence-electron chi connectivity index (χ2n) is 3.73. The third-order valence-electron chi connectivity index (χ3n) is 2.39. The Morgan fingerprint density at radius 3 is 2.83 bits per heavy atom. The molecule has 0 bridgehead atoms. The molecule has 18 heavy (non-hydrogen) atoms. The molecule has 0 aliphatic heterocycles. The molecule has 1 N–H and O–H groups in total. The Morgan fingerprint density at radius 2 is 2.33 bits per heavy atom. The van der Waals surface area contributed by atoms with E-state index in [0.29, 0.717) is 13.0 Å². The number of hydrogen-bond donors (Lipinski definition) is 1. The minimum Gasteiger partial charge on any atom is -0.468 e. The van der Waals surface area contributed by atoms with Gasteiger partial charge in [-0.2, -0.15) is 5.26 Å². The Bertz CT molecular complexity index is 468. The molecule has 1 atom stereocenters. The fraction of sp³-hybridized carbons (Fsp3) is 0.417. The van der Waals surface area contributed by atoms with E-state index in [0.717, 1.165) is 5.56 Å². The van der Waals surface area contributed by atoms with Gasteiger partial charge < -0.3 is 10.1 Å². The van der Waals surface area contributed by atoms with E-state index in [9.17, 15) is 10.1 Å². The van der Waals surface area contributed by atoms with E-state index < -0.39 is 11.0 Å². The van der Waals surface area contributed by atoms with Crippen molar-refractivity contribution in [3.05, 3.63) is 33.9 Å². The van der Waals surface area contributed by atoms with Crippen molar-refractivity contribution in [2.75, 3.05) is 7.05 Å². The van der Waals surface area contributed by atoms with Crippen LogP contribution in [0.4, 0.5) is 5.69 Å². The lowest BCUT2D eigenvalue weighted by molar-refractivity contribution is -0.386. The molecule has 0 aromatic heterocycles. The smallest absolute Gasteiger partial charge is 0.310 e. The standard InChI is InChI=1S/C12H15N3O3/c1-3-10(7-13)18-12-6-9(8-14-2)4-5-11(12)15(16)17/h4-6,10,14H,3,8H2,1-2H3. The van der Waals surface area contributed by atoms with E-state index in [-0.39, 0.29) is 11.4 Å². The molecule has 1 rings (SSSR count).